The molecule has 2 N–H and O–H groups in total. The summed E-state index contributed by atoms with van der Waals surface area (Å²) >= 11 is 0. The zero-order valence-electron chi connectivity index (χ0n) is 23.0. The molecular formula is C31H39F2N3O2. The fourth-order valence-electron chi connectivity index (χ4n) is 5.18. The molecule has 0 radical (unpaired) electrons. The molecule has 0 saturated carbocycles. The van der Waals surface area contributed by atoms with E-state index in [2.05, 4.69) is 67.8 Å². The average molecular weight is 524 g/mol. The highest BCUT2D eigenvalue weighted by Crippen LogP contribution is 2.27. The van der Waals surface area contributed by atoms with Crippen molar-refractivity contribution in [1.29, 1.82) is 0 Å². The van der Waals surface area contributed by atoms with Crippen LogP contribution in [0.5, 0.6) is 0 Å². The van der Waals surface area contributed by atoms with E-state index in [4.69, 9.17) is 4.52 Å². The summed E-state index contributed by atoms with van der Waals surface area (Å²) in [5.41, 5.74) is 3.88. The second-order valence-electron chi connectivity index (χ2n) is 11.6. The maximum absolute atomic E-state index is 14.3. The number of benzene rings is 2. The number of fused-ring (bicyclic) bond motifs is 1. The summed E-state index contributed by atoms with van der Waals surface area (Å²) in [6, 6.07) is 12.3. The molecule has 0 saturated heterocycles. The van der Waals surface area contributed by atoms with Gasteiger partial charge in [0.1, 0.15) is 17.4 Å². The topological polar surface area (TPSA) is 67.2 Å². The smallest absolute Gasteiger partial charge is 0.242 e. The van der Waals surface area contributed by atoms with Gasteiger partial charge in [0.25, 0.3) is 0 Å². The fourth-order valence-corrected chi connectivity index (χ4v) is 5.18. The Morgan fingerprint density at radius 1 is 1.16 bits per heavy atom. The molecule has 7 heteroatoms. The molecule has 0 spiro atoms. The standard InChI is InChI=1S/C31H39F2N3O2/c1-6-7-27(34-24-13-10-21-15-23(32)16-26(33)25(21)17-24)30(37)35-29-18-28(38-36-29)19(2)14-20-8-11-22(12-9-20)31(3,4)5/h8-9,11-12,15-16,18-19,24,27,34H,6-7,10,13-14,17H2,1-5H3,(H,35,36,37)/t19?,24?,27-/m0/s1. The van der Waals surface area contributed by atoms with Gasteiger partial charge in [0, 0.05) is 24.1 Å². The van der Waals surface area contributed by atoms with Crippen LogP contribution in [0.25, 0.3) is 0 Å². The lowest BCUT2D eigenvalue weighted by atomic mass is 9.86. The monoisotopic (exact) mass is 523 g/mol. The highest BCUT2D eigenvalue weighted by atomic mass is 19.1. The summed E-state index contributed by atoms with van der Waals surface area (Å²) in [6.45, 7) is 10.7. The summed E-state index contributed by atoms with van der Waals surface area (Å²) in [6.07, 6.45) is 3.96. The van der Waals surface area contributed by atoms with Crippen LogP contribution in [-0.2, 0) is 29.5 Å². The molecule has 204 valence electrons. The van der Waals surface area contributed by atoms with Crippen LogP contribution in [0.4, 0.5) is 14.6 Å². The second-order valence-corrected chi connectivity index (χ2v) is 11.6. The molecule has 1 amide bonds. The lowest BCUT2D eigenvalue weighted by molar-refractivity contribution is -0.118. The second kappa shape index (κ2) is 11.8. The first kappa shape index (κ1) is 28.0. The van der Waals surface area contributed by atoms with E-state index in [1.165, 1.54) is 17.2 Å². The third kappa shape index (κ3) is 6.87. The minimum absolute atomic E-state index is 0.0673. The van der Waals surface area contributed by atoms with Gasteiger partial charge in [0.15, 0.2) is 5.82 Å². The van der Waals surface area contributed by atoms with E-state index < -0.39 is 17.7 Å². The number of carbonyl (C=O) groups is 1. The van der Waals surface area contributed by atoms with Crippen molar-refractivity contribution in [3.63, 3.8) is 0 Å². The van der Waals surface area contributed by atoms with E-state index in [0.717, 1.165) is 18.9 Å². The van der Waals surface area contributed by atoms with Gasteiger partial charge in [-0.05, 0) is 65.8 Å². The molecule has 1 aliphatic rings. The number of aryl methyl sites for hydroxylation is 1. The fraction of sp³-hybridized carbons (Fsp3) is 0.484. The zero-order valence-corrected chi connectivity index (χ0v) is 23.0. The van der Waals surface area contributed by atoms with Crippen molar-refractivity contribution in [2.75, 3.05) is 5.32 Å². The number of rotatable bonds is 9. The molecular weight excluding hydrogens is 484 g/mol. The number of anilines is 1. The molecule has 38 heavy (non-hydrogen) atoms. The van der Waals surface area contributed by atoms with E-state index in [0.29, 0.717) is 48.4 Å². The highest BCUT2D eigenvalue weighted by molar-refractivity contribution is 5.94. The van der Waals surface area contributed by atoms with Crippen LogP contribution in [0, 0.1) is 11.6 Å². The number of aromatic nitrogens is 1. The van der Waals surface area contributed by atoms with Crippen LogP contribution in [0.2, 0.25) is 0 Å². The van der Waals surface area contributed by atoms with Crippen molar-refractivity contribution in [2.24, 2.45) is 0 Å². The Kier molecular flexibility index (Phi) is 8.66. The van der Waals surface area contributed by atoms with Gasteiger partial charge < -0.3 is 15.2 Å². The number of hydrogen-bond donors (Lipinski definition) is 2. The number of nitrogens with zero attached hydrogens (tertiary/aromatic N) is 1. The van der Waals surface area contributed by atoms with Gasteiger partial charge in [-0.25, -0.2) is 8.78 Å². The van der Waals surface area contributed by atoms with E-state index in [9.17, 15) is 13.6 Å². The Morgan fingerprint density at radius 2 is 1.89 bits per heavy atom. The Hall–Kier alpha value is -3.06. The summed E-state index contributed by atoms with van der Waals surface area (Å²) < 4.78 is 33.5. The third-order valence-electron chi connectivity index (χ3n) is 7.42. The molecule has 5 nitrogen and oxygen atoms in total. The first-order valence-electron chi connectivity index (χ1n) is 13.6. The van der Waals surface area contributed by atoms with E-state index in [1.54, 1.807) is 6.07 Å². The van der Waals surface area contributed by atoms with Crippen LogP contribution in [-0.4, -0.2) is 23.1 Å². The van der Waals surface area contributed by atoms with Crippen molar-refractivity contribution in [3.8, 4) is 0 Å². The normalized spacial score (nSPS) is 17.1. The number of hydrogen-bond acceptors (Lipinski definition) is 4. The van der Waals surface area contributed by atoms with Gasteiger partial charge in [-0.3, -0.25) is 4.79 Å². The third-order valence-corrected chi connectivity index (χ3v) is 7.42. The number of halogens is 2. The van der Waals surface area contributed by atoms with Crippen molar-refractivity contribution >= 4 is 11.7 Å². The molecule has 0 fully saturated rings. The maximum Gasteiger partial charge on any atom is 0.242 e. The number of carbonyl (C=O) groups excluding carboxylic acids is 1. The van der Waals surface area contributed by atoms with Crippen LogP contribution < -0.4 is 10.6 Å². The Bertz CT molecular complexity index is 1250. The highest BCUT2D eigenvalue weighted by Gasteiger charge is 2.27. The lowest BCUT2D eigenvalue weighted by Crippen LogP contribution is -2.48. The molecule has 0 aliphatic heterocycles. The van der Waals surface area contributed by atoms with Crippen molar-refractivity contribution in [2.45, 2.75) is 96.6 Å². The van der Waals surface area contributed by atoms with Crippen molar-refractivity contribution in [3.05, 3.63) is 82.1 Å². The molecule has 4 rings (SSSR count). The summed E-state index contributed by atoms with van der Waals surface area (Å²) in [5.74, 6) is -0.0547. The molecule has 1 heterocycles. The largest absolute Gasteiger partial charge is 0.359 e. The number of nitrogens with one attached hydrogen (secondary N) is 2. The minimum atomic E-state index is -0.546. The minimum Gasteiger partial charge on any atom is -0.359 e. The van der Waals surface area contributed by atoms with Gasteiger partial charge in [-0.15, -0.1) is 0 Å². The first-order chi connectivity index (χ1) is 18.0. The van der Waals surface area contributed by atoms with Crippen molar-refractivity contribution < 1.29 is 18.1 Å². The van der Waals surface area contributed by atoms with Crippen LogP contribution in [0.15, 0.2) is 47.0 Å². The SMILES string of the molecule is CCC[C@H](NC1CCc2cc(F)cc(F)c2C1)C(=O)Nc1cc(C(C)Cc2ccc(C(C)(C)C)cc2)on1. The predicted molar refractivity (Wildman–Crippen MR) is 146 cm³/mol. The predicted octanol–water partition coefficient (Wildman–Crippen LogP) is 6.85. The van der Waals surface area contributed by atoms with Gasteiger partial charge >= 0.3 is 0 Å². The van der Waals surface area contributed by atoms with Crippen LogP contribution in [0.3, 0.4) is 0 Å². The van der Waals surface area contributed by atoms with Gasteiger partial charge in [-0.1, -0.05) is 70.5 Å². The summed E-state index contributed by atoms with van der Waals surface area (Å²) in [7, 11) is 0. The van der Waals surface area contributed by atoms with Crippen LogP contribution in [0.1, 0.15) is 87.8 Å². The molecule has 2 aromatic carbocycles. The lowest BCUT2D eigenvalue weighted by Gasteiger charge is -2.29. The van der Waals surface area contributed by atoms with E-state index >= 15 is 0 Å². The van der Waals surface area contributed by atoms with E-state index in [1.807, 2.05) is 6.92 Å². The zero-order chi connectivity index (χ0) is 27.4. The van der Waals surface area contributed by atoms with Gasteiger partial charge in [0.05, 0.1) is 6.04 Å². The maximum atomic E-state index is 14.3. The average Bonchev–Trinajstić information content (AvgIpc) is 3.32. The molecule has 3 aromatic rings. The number of amides is 1. The summed E-state index contributed by atoms with van der Waals surface area (Å²) in [4.78, 5) is 13.1. The summed E-state index contributed by atoms with van der Waals surface area (Å²) in [5, 5.41) is 10.4. The van der Waals surface area contributed by atoms with Crippen molar-refractivity contribution in [1.82, 2.24) is 10.5 Å². The Labute approximate surface area is 224 Å². The van der Waals surface area contributed by atoms with Gasteiger partial charge in [0.2, 0.25) is 5.91 Å². The van der Waals surface area contributed by atoms with Crippen LogP contribution >= 0.6 is 0 Å². The molecule has 2 unspecified atom stereocenters. The Balaban J connectivity index is 1.35. The first-order valence-corrected chi connectivity index (χ1v) is 13.6. The Morgan fingerprint density at radius 3 is 2.58 bits per heavy atom. The van der Waals surface area contributed by atoms with Gasteiger partial charge in [-0.2, -0.15) is 0 Å². The molecule has 1 aliphatic carbocycles. The quantitative estimate of drug-likeness (QED) is 0.322. The van der Waals surface area contributed by atoms with E-state index in [-0.39, 0.29) is 23.3 Å². The molecule has 1 aromatic heterocycles. The molecule has 3 atom stereocenters. The molecule has 0 bridgehead atoms.